The van der Waals surface area contributed by atoms with Crippen molar-refractivity contribution in [1.29, 1.82) is 0 Å². The smallest absolute Gasteiger partial charge is 0.252 e. The van der Waals surface area contributed by atoms with Crippen LogP contribution in [0.15, 0.2) is 89.0 Å². The van der Waals surface area contributed by atoms with Crippen molar-refractivity contribution in [3.05, 3.63) is 116 Å². The maximum atomic E-state index is 13.4. The van der Waals surface area contributed by atoms with E-state index in [9.17, 15) is 4.79 Å². The fourth-order valence-electron chi connectivity index (χ4n) is 5.34. The minimum atomic E-state index is -0.0640. The average molecular weight is 553 g/mol. The lowest BCUT2D eigenvalue weighted by Crippen LogP contribution is -2.25. The average Bonchev–Trinajstić information content (AvgIpc) is 3.42. The Labute approximate surface area is 237 Å². The number of fused-ring (bicyclic) bond motifs is 1. The number of hydrogen-bond acceptors (Lipinski definition) is 6. The summed E-state index contributed by atoms with van der Waals surface area (Å²) < 4.78 is 19.7. The van der Waals surface area contributed by atoms with Crippen molar-refractivity contribution in [3.63, 3.8) is 0 Å². The first kappa shape index (κ1) is 26.4. The Morgan fingerprint density at radius 1 is 1.05 bits per heavy atom. The van der Waals surface area contributed by atoms with Crippen molar-refractivity contribution in [1.82, 2.24) is 9.55 Å². The molecule has 5 aromatic rings. The highest BCUT2D eigenvalue weighted by molar-refractivity contribution is 7.09. The number of aryl methyl sites for hydroxylation is 1. The van der Waals surface area contributed by atoms with Gasteiger partial charge in [-0.05, 0) is 53.8 Å². The van der Waals surface area contributed by atoms with Crippen molar-refractivity contribution >= 4 is 22.2 Å². The Morgan fingerprint density at radius 3 is 2.73 bits per heavy atom. The molecule has 0 spiro atoms. The molecule has 3 aromatic carbocycles. The Kier molecular flexibility index (Phi) is 7.77. The van der Waals surface area contributed by atoms with E-state index in [4.69, 9.17) is 14.2 Å². The summed E-state index contributed by atoms with van der Waals surface area (Å²) in [6, 6.07) is 26.1. The van der Waals surface area contributed by atoms with Crippen LogP contribution in [0.2, 0.25) is 0 Å². The Bertz CT molecular complexity index is 1680. The first-order valence-electron chi connectivity index (χ1n) is 13.6. The van der Waals surface area contributed by atoms with Gasteiger partial charge in [0.25, 0.3) is 5.56 Å². The van der Waals surface area contributed by atoms with Gasteiger partial charge in [-0.15, -0.1) is 11.3 Å². The number of aromatic nitrogens is 2. The monoisotopic (exact) mass is 552 g/mol. The predicted molar refractivity (Wildman–Crippen MR) is 159 cm³/mol. The van der Waals surface area contributed by atoms with Crippen LogP contribution in [0.25, 0.3) is 22.0 Å². The van der Waals surface area contributed by atoms with Gasteiger partial charge >= 0.3 is 0 Å². The van der Waals surface area contributed by atoms with Gasteiger partial charge in [0.05, 0.1) is 24.3 Å². The van der Waals surface area contributed by atoms with Gasteiger partial charge in [0.2, 0.25) is 0 Å². The molecular weight excluding hydrogens is 520 g/mol. The quantitative estimate of drug-likeness (QED) is 0.209. The van der Waals surface area contributed by atoms with Crippen LogP contribution < -0.4 is 10.3 Å². The van der Waals surface area contributed by atoms with Crippen LogP contribution in [0.3, 0.4) is 0 Å². The van der Waals surface area contributed by atoms with Crippen molar-refractivity contribution < 1.29 is 14.2 Å². The second kappa shape index (κ2) is 11.8. The molecule has 0 saturated carbocycles. The highest BCUT2D eigenvalue weighted by Gasteiger charge is 2.24. The van der Waals surface area contributed by atoms with E-state index in [1.165, 1.54) is 0 Å². The van der Waals surface area contributed by atoms with E-state index in [1.807, 2.05) is 66.9 Å². The van der Waals surface area contributed by atoms with Crippen LogP contribution in [0.1, 0.15) is 40.8 Å². The maximum Gasteiger partial charge on any atom is 0.252 e. The molecular formula is C33H32N2O4S. The Morgan fingerprint density at radius 2 is 1.93 bits per heavy atom. The number of methoxy groups -OCH3 is 1. The molecule has 0 N–H and O–H groups in total. The van der Waals surface area contributed by atoms with Crippen molar-refractivity contribution in [2.45, 2.75) is 45.1 Å². The topological polar surface area (TPSA) is 62.6 Å². The standard InChI is InChI=1S/C33H32N2O4S/c1-22-21-40-32(34-22)19-35-30-16-27(11-12-28(30)29(18-33(35)36)24-8-4-3-5-9-24)39-20-23-7-6-10-25(15-23)31-17-26(37-2)13-14-38-31/h3-12,15-16,18,21,26,31H,13-14,17,19-20H2,1-2H3. The van der Waals surface area contributed by atoms with Gasteiger partial charge in [0.15, 0.2) is 0 Å². The van der Waals surface area contributed by atoms with Gasteiger partial charge in [-0.1, -0.05) is 48.5 Å². The number of benzene rings is 3. The summed E-state index contributed by atoms with van der Waals surface area (Å²) in [5, 5.41) is 3.91. The Hall–Kier alpha value is -3.78. The normalized spacial score (nSPS) is 17.2. The molecule has 1 aliphatic heterocycles. The molecule has 6 nitrogen and oxygen atoms in total. The van der Waals surface area contributed by atoms with Gasteiger partial charge in [0, 0.05) is 48.7 Å². The fraction of sp³-hybridized carbons (Fsp3) is 0.273. The minimum absolute atomic E-state index is 0.0275. The third-order valence-corrected chi connectivity index (χ3v) is 8.38. The minimum Gasteiger partial charge on any atom is -0.489 e. The molecule has 2 atom stereocenters. The predicted octanol–water partition coefficient (Wildman–Crippen LogP) is 6.93. The Balaban J connectivity index is 1.31. The van der Waals surface area contributed by atoms with Crippen LogP contribution in [-0.4, -0.2) is 29.4 Å². The number of thiazole rings is 1. The van der Waals surface area contributed by atoms with Crippen LogP contribution in [0, 0.1) is 6.92 Å². The lowest BCUT2D eigenvalue weighted by atomic mass is 9.98. The van der Waals surface area contributed by atoms with E-state index < -0.39 is 0 Å². The van der Waals surface area contributed by atoms with Crippen LogP contribution in [0.5, 0.6) is 5.75 Å². The summed E-state index contributed by atoms with van der Waals surface area (Å²) >= 11 is 1.57. The summed E-state index contributed by atoms with van der Waals surface area (Å²) in [6.45, 7) is 3.50. The lowest BCUT2D eigenvalue weighted by molar-refractivity contribution is -0.0599. The van der Waals surface area contributed by atoms with Crippen molar-refractivity contribution in [2.75, 3.05) is 13.7 Å². The lowest BCUT2D eigenvalue weighted by Gasteiger charge is -2.29. The van der Waals surface area contributed by atoms with Crippen LogP contribution in [0.4, 0.5) is 0 Å². The molecule has 3 heterocycles. The second-order valence-corrected chi connectivity index (χ2v) is 11.1. The van der Waals surface area contributed by atoms with E-state index in [2.05, 4.69) is 23.2 Å². The molecule has 2 unspecified atom stereocenters. The van der Waals surface area contributed by atoms with Gasteiger partial charge < -0.3 is 18.8 Å². The number of rotatable bonds is 8. The fourth-order valence-corrected chi connectivity index (χ4v) is 6.10. The summed E-state index contributed by atoms with van der Waals surface area (Å²) in [7, 11) is 1.77. The van der Waals surface area contributed by atoms with Gasteiger partial charge in [0.1, 0.15) is 17.4 Å². The van der Waals surface area contributed by atoms with Gasteiger partial charge in [-0.3, -0.25) is 4.79 Å². The van der Waals surface area contributed by atoms with Gasteiger partial charge in [-0.2, -0.15) is 0 Å². The molecule has 1 fully saturated rings. The SMILES string of the molecule is COC1CCOC(c2cccc(COc3ccc4c(-c5ccccc5)cc(=O)n(Cc5nc(C)cs5)c4c3)c2)C1. The molecule has 1 aliphatic rings. The molecule has 1 saturated heterocycles. The number of nitrogens with zero attached hydrogens (tertiary/aromatic N) is 2. The molecule has 0 bridgehead atoms. The molecule has 7 heteroatoms. The molecule has 204 valence electrons. The van der Waals surface area contributed by atoms with E-state index >= 15 is 0 Å². The largest absolute Gasteiger partial charge is 0.489 e. The van der Waals surface area contributed by atoms with E-state index in [1.54, 1.807) is 29.1 Å². The molecule has 0 radical (unpaired) electrons. The van der Waals surface area contributed by atoms with E-state index in [0.29, 0.717) is 25.5 Å². The summed E-state index contributed by atoms with van der Waals surface area (Å²) in [5.41, 5.74) is 5.84. The van der Waals surface area contributed by atoms with Crippen LogP contribution in [-0.2, 0) is 22.6 Å². The third-order valence-electron chi connectivity index (χ3n) is 7.43. The zero-order chi connectivity index (χ0) is 27.5. The van der Waals surface area contributed by atoms with Crippen molar-refractivity contribution in [3.8, 4) is 16.9 Å². The first-order chi connectivity index (χ1) is 19.6. The zero-order valence-corrected chi connectivity index (χ0v) is 23.5. The third kappa shape index (κ3) is 5.72. The second-order valence-electron chi connectivity index (χ2n) is 10.2. The van der Waals surface area contributed by atoms with Gasteiger partial charge in [-0.25, -0.2) is 4.98 Å². The molecule has 0 aliphatic carbocycles. The highest BCUT2D eigenvalue weighted by atomic mass is 32.1. The summed E-state index contributed by atoms with van der Waals surface area (Å²) in [5.74, 6) is 0.708. The van der Waals surface area contributed by atoms with Crippen molar-refractivity contribution in [2.24, 2.45) is 0 Å². The highest BCUT2D eigenvalue weighted by Crippen LogP contribution is 2.32. The summed E-state index contributed by atoms with van der Waals surface area (Å²) in [6.07, 6.45) is 2.03. The summed E-state index contributed by atoms with van der Waals surface area (Å²) in [4.78, 5) is 18.0. The maximum absolute atomic E-state index is 13.4. The number of pyridine rings is 1. The molecule has 40 heavy (non-hydrogen) atoms. The zero-order valence-electron chi connectivity index (χ0n) is 22.7. The first-order valence-corrected chi connectivity index (χ1v) is 14.5. The number of ether oxygens (including phenoxy) is 3. The molecule has 0 amide bonds. The number of hydrogen-bond donors (Lipinski definition) is 0. The van der Waals surface area contributed by atoms with E-state index in [0.717, 1.165) is 56.7 Å². The molecule has 2 aromatic heterocycles. The van der Waals surface area contributed by atoms with E-state index in [-0.39, 0.29) is 17.8 Å². The molecule has 6 rings (SSSR count). The van der Waals surface area contributed by atoms with Crippen LogP contribution >= 0.6 is 11.3 Å².